The Kier molecular flexibility index (Phi) is 4.43. The number of H-pyrrole nitrogens is 1. The smallest absolute Gasteiger partial charge is 0.273 e. The number of nitrogens with zero attached hydrogens (tertiary/aromatic N) is 3. The normalized spacial score (nSPS) is 15.9. The molecule has 7 heteroatoms. The van der Waals surface area contributed by atoms with Crippen molar-refractivity contribution in [3.05, 3.63) is 81.5 Å². The average molecular weight is 376 g/mol. The Morgan fingerprint density at radius 2 is 1.93 bits per heavy atom. The van der Waals surface area contributed by atoms with Crippen molar-refractivity contribution in [2.45, 2.75) is 19.9 Å². The third-order valence-corrected chi connectivity index (χ3v) is 4.87. The lowest BCUT2D eigenvalue weighted by Gasteiger charge is -2.27. The van der Waals surface area contributed by atoms with Gasteiger partial charge in [-0.05, 0) is 11.5 Å². The molecule has 2 aromatic carbocycles. The van der Waals surface area contributed by atoms with E-state index in [0.29, 0.717) is 23.5 Å². The van der Waals surface area contributed by atoms with E-state index >= 15 is 0 Å². The highest BCUT2D eigenvalue weighted by atomic mass is 16.6. The second kappa shape index (κ2) is 6.92. The van der Waals surface area contributed by atoms with Crippen LogP contribution in [0, 0.1) is 16.0 Å². The van der Waals surface area contributed by atoms with E-state index in [1.807, 2.05) is 50.2 Å². The summed E-state index contributed by atoms with van der Waals surface area (Å²) in [5.74, 6) is 0.122. The van der Waals surface area contributed by atoms with E-state index in [1.165, 1.54) is 6.07 Å². The third kappa shape index (κ3) is 2.94. The van der Waals surface area contributed by atoms with Crippen LogP contribution in [0.2, 0.25) is 0 Å². The Bertz CT molecular complexity index is 1040. The van der Waals surface area contributed by atoms with Crippen molar-refractivity contribution < 1.29 is 9.72 Å². The molecule has 2 heterocycles. The van der Waals surface area contributed by atoms with Crippen LogP contribution in [-0.4, -0.2) is 32.5 Å². The fourth-order valence-corrected chi connectivity index (χ4v) is 3.75. The molecule has 3 aromatic rings. The number of nitro benzene ring substituents is 1. The zero-order valence-corrected chi connectivity index (χ0v) is 15.6. The highest BCUT2D eigenvalue weighted by Gasteiger charge is 2.42. The molecule has 7 nitrogen and oxygen atoms in total. The number of aromatic nitrogens is 2. The van der Waals surface area contributed by atoms with Gasteiger partial charge in [-0.3, -0.25) is 20.0 Å². The number of fused-ring (bicyclic) bond motifs is 1. The van der Waals surface area contributed by atoms with E-state index < -0.39 is 11.0 Å². The van der Waals surface area contributed by atoms with Crippen LogP contribution in [0.1, 0.15) is 41.5 Å². The first-order chi connectivity index (χ1) is 13.5. The van der Waals surface area contributed by atoms with Crippen LogP contribution in [-0.2, 0) is 0 Å². The zero-order chi connectivity index (χ0) is 19.8. The summed E-state index contributed by atoms with van der Waals surface area (Å²) in [5.41, 5.74) is 3.54. The van der Waals surface area contributed by atoms with Gasteiger partial charge in [-0.1, -0.05) is 56.3 Å². The molecule has 0 fully saturated rings. The van der Waals surface area contributed by atoms with E-state index in [9.17, 15) is 14.9 Å². The maximum Gasteiger partial charge on any atom is 0.273 e. The van der Waals surface area contributed by atoms with E-state index in [1.54, 1.807) is 17.0 Å². The lowest BCUT2D eigenvalue weighted by Crippen LogP contribution is -2.32. The Morgan fingerprint density at radius 1 is 1.18 bits per heavy atom. The number of rotatable bonds is 5. The van der Waals surface area contributed by atoms with Crippen LogP contribution >= 0.6 is 0 Å². The molecule has 1 unspecified atom stereocenters. The number of hydrogen-bond donors (Lipinski definition) is 1. The van der Waals surface area contributed by atoms with Crippen molar-refractivity contribution in [3.8, 4) is 11.3 Å². The third-order valence-electron chi connectivity index (χ3n) is 4.87. The fraction of sp³-hybridized carbons (Fsp3) is 0.238. The Morgan fingerprint density at radius 3 is 2.61 bits per heavy atom. The summed E-state index contributed by atoms with van der Waals surface area (Å²) >= 11 is 0. The van der Waals surface area contributed by atoms with Gasteiger partial charge in [0.15, 0.2) is 0 Å². The molecule has 28 heavy (non-hydrogen) atoms. The SMILES string of the molecule is CC(C)CN1C(=O)c2[nH]nc(-c3ccccc3)c2C1c1cccc([N+](=O)[O-])c1. The first-order valence-corrected chi connectivity index (χ1v) is 9.16. The summed E-state index contributed by atoms with van der Waals surface area (Å²) in [6.45, 7) is 4.63. The minimum atomic E-state index is -0.418. The fourth-order valence-electron chi connectivity index (χ4n) is 3.75. The summed E-state index contributed by atoms with van der Waals surface area (Å²) < 4.78 is 0. The van der Waals surface area contributed by atoms with E-state index in [4.69, 9.17) is 0 Å². The molecular formula is C21H20N4O3. The molecule has 0 aliphatic carbocycles. The molecule has 0 saturated heterocycles. The van der Waals surface area contributed by atoms with Gasteiger partial charge in [0, 0.05) is 29.8 Å². The number of nitrogens with one attached hydrogen (secondary N) is 1. The van der Waals surface area contributed by atoms with Crippen molar-refractivity contribution in [3.63, 3.8) is 0 Å². The predicted molar refractivity (Wildman–Crippen MR) is 105 cm³/mol. The number of nitro groups is 1. The number of non-ortho nitro benzene ring substituents is 1. The number of carbonyl (C=O) groups excluding carboxylic acids is 1. The topological polar surface area (TPSA) is 92.1 Å². The van der Waals surface area contributed by atoms with Crippen LogP contribution in [0.5, 0.6) is 0 Å². The number of carbonyl (C=O) groups is 1. The van der Waals surface area contributed by atoms with Crippen molar-refractivity contribution >= 4 is 11.6 Å². The van der Waals surface area contributed by atoms with Gasteiger partial charge in [0.25, 0.3) is 11.6 Å². The summed E-state index contributed by atoms with van der Waals surface area (Å²) in [6, 6.07) is 15.7. The molecule has 0 spiro atoms. The predicted octanol–water partition coefficient (Wildman–Crippen LogP) is 4.19. The molecule has 0 saturated carbocycles. The Balaban J connectivity index is 1.90. The van der Waals surface area contributed by atoms with Crippen LogP contribution in [0.25, 0.3) is 11.3 Å². The Labute approximate surface area is 162 Å². The molecule has 1 aromatic heterocycles. The molecule has 1 aliphatic rings. The molecule has 0 radical (unpaired) electrons. The molecule has 1 aliphatic heterocycles. The van der Waals surface area contributed by atoms with Crippen LogP contribution < -0.4 is 0 Å². The van der Waals surface area contributed by atoms with E-state index in [0.717, 1.165) is 11.1 Å². The van der Waals surface area contributed by atoms with Crippen molar-refractivity contribution in [1.29, 1.82) is 0 Å². The molecule has 4 rings (SSSR count). The monoisotopic (exact) mass is 376 g/mol. The van der Waals surface area contributed by atoms with Crippen molar-refractivity contribution in [2.75, 3.05) is 6.54 Å². The van der Waals surface area contributed by atoms with Gasteiger partial charge in [0.1, 0.15) is 5.69 Å². The highest BCUT2D eigenvalue weighted by Crippen LogP contribution is 2.43. The zero-order valence-electron chi connectivity index (χ0n) is 15.6. The quantitative estimate of drug-likeness (QED) is 0.534. The van der Waals surface area contributed by atoms with Crippen LogP contribution in [0.4, 0.5) is 5.69 Å². The van der Waals surface area contributed by atoms with Gasteiger partial charge in [0.05, 0.1) is 16.7 Å². The average Bonchev–Trinajstić information content (AvgIpc) is 3.22. The summed E-state index contributed by atoms with van der Waals surface area (Å²) in [4.78, 5) is 25.7. The van der Waals surface area contributed by atoms with Crippen molar-refractivity contribution in [2.24, 2.45) is 5.92 Å². The second-order valence-electron chi connectivity index (χ2n) is 7.33. The van der Waals surface area contributed by atoms with Gasteiger partial charge in [-0.25, -0.2) is 0 Å². The minimum Gasteiger partial charge on any atom is -0.326 e. The summed E-state index contributed by atoms with van der Waals surface area (Å²) in [7, 11) is 0. The number of hydrogen-bond acceptors (Lipinski definition) is 4. The van der Waals surface area contributed by atoms with E-state index in [-0.39, 0.29) is 17.5 Å². The second-order valence-corrected chi connectivity index (χ2v) is 7.33. The maximum absolute atomic E-state index is 13.1. The lowest BCUT2D eigenvalue weighted by molar-refractivity contribution is -0.384. The highest BCUT2D eigenvalue weighted by molar-refractivity contribution is 6.00. The molecule has 1 N–H and O–H groups in total. The maximum atomic E-state index is 13.1. The van der Waals surface area contributed by atoms with Gasteiger partial charge >= 0.3 is 0 Å². The minimum absolute atomic E-state index is 0.00709. The standard InChI is InChI=1S/C21H20N4O3/c1-13(2)12-24-20(15-9-6-10-16(11-15)25(27)28)17-18(14-7-4-3-5-8-14)22-23-19(17)21(24)26/h3-11,13,20H,12H2,1-2H3,(H,22,23). The van der Waals surface area contributed by atoms with E-state index in [2.05, 4.69) is 10.2 Å². The summed E-state index contributed by atoms with van der Waals surface area (Å²) in [5, 5.41) is 18.6. The number of benzene rings is 2. The van der Waals surface area contributed by atoms with Gasteiger partial charge in [0.2, 0.25) is 0 Å². The summed E-state index contributed by atoms with van der Waals surface area (Å²) in [6.07, 6.45) is 0. The molecule has 142 valence electrons. The largest absolute Gasteiger partial charge is 0.326 e. The van der Waals surface area contributed by atoms with Gasteiger partial charge < -0.3 is 4.90 Å². The van der Waals surface area contributed by atoms with Crippen LogP contribution in [0.3, 0.4) is 0 Å². The molecule has 1 amide bonds. The van der Waals surface area contributed by atoms with Crippen LogP contribution in [0.15, 0.2) is 54.6 Å². The molecular weight excluding hydrogens is 356 g/mol. The first kappa shape index (κ1) is 17.9. The van der Waals surface area contributed by atoms with Gasteiger partial charge in [-0.2, -0.15) is 5.10 Å². The molecule has 0 bridgehead atoms. The lowest BCUT2D eigenvalue weighted by atomic mass is 9.95. The van der Waals surface area contributed by atoms with Crippen molar-refractivity contribution in [1.82, 2.24) is 15.1 Å². The number of aromatic amines is 1. The Hall–Kier alpha value is -3.48. The number of amides is 1. The molecule has 1 atom stereocenters. The van der Waals surface area contributed by atoms with Gasteiger partial charge in [-0.15, -0.1) is 0 Å². The first-order valence-electron chi connectivity index (χ1n) is 9.16.